The molecule has 0 bridgehead atoms. The summed E-state index contributed by atoms with van der Waals surface area (Å²) in [6.07, 6.45) is 9.16. The first kappa shape index (κ1) is 17.4. The smallest absolute Gasteiger partial charge is 0.274 e. The van der Waals surface area contributed by atoms with Crippen molar-refractivity contribution in [3.05, 3.63) is 18.0 Å². The van der Waals surface area contributed by atoms with E-state index in [4.69, 9.17) is 0 Å². The molecule has 2 aliphatic rings. The number of piperidine rings is 2. The second-order valence-corrected chi connectivity index (χ2v) is 7.33. The minimum atomic E-state index is 0.0379. The highest BCUT2D eigenvalue weighted by Gasteiger charge is 2.22. The van der Waals surface area contributed by atoms with Gasteiger partial charge in [0.15, 0.2) is 0 Å². The normalized spacial score (nSPS) is 25.6. The number of carbonyl (C=O) groups is 1. The molecule has 0 aromatic carbocycles. The molecule has 2 atom stereocenters. The molecule has 2 unspecified atom stereocenters. The quantitative estimate of drug-likeness (QED) is 0.892. The van der Waals surface area contributed by atoms with E-state index in [-0.39, 0.29) is 5.91 Å². The Hall–Kier alpha value is -1.40. The molecule has 1 amide bonds. The molecule has 1 aromatic rings. The molecule has 6 heteroatoms. The number of nitrogens with zero attached hydrogens (tertiary/aromatic N) is 4. The molecule has 2 saturated heterocycles. The van der Waals surface area contributed by atoms with Gasteiger partial charge < -0.3 is 15.1 Å². The fraction of sp³-hybridized carbons (Fsp3) is 0.778. The van der Waals surface area contributed by atoms with Crippen LogP contribution in [0, 0.1) is 0 Å². The predicted octanol–water partition coefficient (Wildman–Crippen LogP) is 1.75. The molecule has 2 fully saturated rings. The number of rotatable bonds is 5. The topological polar surface area (TPSA) is 53.4 Å². The van der Waals surface area contributed by atoms with Crippen molar-refractivity contribution in [2.75, 3.05) is 40.3 Å². The van der Waals surface area contributed by atoms with Crippen LogP contribution >= 0.6 is 0 Å². The SMILES string of the molecule is CN(CCC1CCCCN1C)C(=O)c1ccn(C2CCCNC2)n1. The second kappa shape index (κ2) is 8.12. The summed E-state index contributed by atoms with van der Waals surface area (Å²) in [6, 6.07) is 2.85. The van der Waals surface area contributed by atoms with Gasteiger partial charge in [-0.3, -0.25) is 9.48 Å². The zero-order valence-corrected chi connectivity index (χ0v) is 15.1. The Kier molecular flexibility index (Phi) is 5.89. The molecule has 1 aromatic heterocycles. The predicted molar refractivity (Wildman–Crippen MR) is 95.2 cm³/mol. The van der Waals surface area contributed by atoms with Crippen LogP contribution in [0.4, 0.5) is 0 Å². The van der Waals surface area contributed by atoms with Crippen molar-refractivity contribution in [3.63, 3.8) is 0 Å². The van der Waals surface area contributed by atoms with Gasteiger partial charge in [-0.05, 0) is 58.3 Å². The zero-order chi connectivity index (χ0) is 16.9. The van der Waals surface area contributed by atoms with E-state index in [0.717, 1.165) is 32.5 Å². The molecule has 2 aliphatic heterocycles. The third-order valence-electron chi connectivity index (χ3n) is 5.54. The Labute approximate surface area is 145 Å². The van der Waals surface area contributed by atoms with Crippen LogP contribution in [0.5, 0.6) is 0 Å². The highest BCUT2D eigenvalue weighted by atomic mass is 16.2. The van der Waals surface area contributed by atoms with Gasteiger partial charge in [0.25, 0.3) is 5.91 Å². The standard InChI is InChI=1S/C18H31N5O/c1-21-11-4-3-6-15(21)8-12-22(2)18(24)17-9-13-23(20-17)16-7-5-10-19-14-16/h9,13,15-16,19H,3-8,10-12,14H2,1-2H3. The van der Waals surface area contributed by atoms with Gasteiger partial charge in [-0.2, -0.15) is 5.10 Å². The molecule has 0 spiro atoms. The summed E-state index contributed by atoms with van der Waals surface area (Å²) >= 11 is 0. The van der Waals surface area contributed by atoms with Crippen molar-refractivity contribution in [1.82, 2.24) is 24.9 Å². The average molecular weight is 333 g/mol. The molecule has 6 nitrogen and oxygen atoms in total. The van der Waals surface area contributed by atoms with Crippen molar-refractivity contribution in [3.8, 4) is 0 Å². The van der Waals surface area contributed by atoms with E-state index in [0.29, 0.717) is 17.8 Å². The van der Waals surface area contributed by atoms with Crippen LogP contribution in [0.2, 0.25) is 0 Å². The zero-order valence-electron chi connectivity index (χ0n) is 15.1. The maximum atomic E-state index is 12.6. The lowest BCUT2D eigenvalue weighted by molar-refractivity contribution is 0.0763. The molecule has 24 heavy (non-hydrogen) atoms. The molecule has 0 aliphatic carbocycles. The van der Waals surface area contributed by atoms with E-state index in [1.54, 1.807) is 0 Å². The largest absolute Gasteiger partial charge is 0.340 e. The summed E-state index contributed by atoms with van der Waals surface area (Å²) in [5, 5.41) is 7.93. The van der Waals surface area contributed by atoms with Gasteiger partial charge in [-0.1, -0.05) is 6.42 Å². The van der Waals surface area contributed by atoms with Crippen LogP contribution in [0.25, 0.3) is 0 Å². The molecular weight excluding hydrogens is 302 g/mol. The van der Waals surface area contributed by atoms with E-state index in [1.807, 2.05) is 28.9 Å². The van der Waals surface area contributed by atoms with Gasteiger partial charge in [0.05, 0.1) is 6.04 Å². The second-order valence-electron chi connectivity index (χ2n) is 7.33. The highest BCUT2D eigenvalue weighted by molar-refractivity contribution is 5.91. The Morgan fingerprint density at radius 2 is 2.25 bits per heavy atom. The molecule has 0 radical (unpaired) electrons. The van der Waals surface area contributed by atoms with Crippen molar-refractivity contribution in [1.29, 1.82) is 0 Å². The molecular formula is C18H31N5O. The summed E-state index contributed by atoms with van der Waals surface area (Å²) in [5.74, 6) is 0.0379. The monoisotopic (exact) mass is 333 g/mol. The van der Waals surface area contributed by atoms with Crippen LogP contribution < -0.4 is 5.32 Å². The van der Waals surface area contributed by atoms with Crippen molar-refractivity contribution in [2.24, 2.45) is 0 Å². The Morgan fingerprint density at radius 1 is 1.38 bits per heavy atom. The van der Waals surface area contributed by atoms with E-state index in [9.17, 15) is 4.79 Å². The van der Waals surface area contributed by atoms with Gasteiger partial charge in [-0.15, -0.1) is 0 Å². The third-order valence-corrected chi connectivity index (χ3v) is 5.54. The lowest BCUT2D eigenvalue weighted by atomic mass is 10.00. The molecule has 134 valence electrons. The van der Waals surface area contributed by atoms with Crippen molar-refractivity contribution < 1.29 is 4.79 Å². The fourth-order valence-electron chi connectivity index (χ4n) is 3.86. The van der Waals surface area contributed by atoms with Gasteiger partial charge in [0.1, 0.15) is 5.69 Å². The number of aromatic nitrogens is 2. The van der Waals surface area contributed by atoms with E-state index in [2.05, 4.69) is 22.4 Å². The van der Waals surface area contributed by atoms with Crippen molar-refractivity contribution in [2.45, 2.75) is 50.6 Å². The maximum Gasteiger partial charge on any atom is 0.274 e. The van der Waals surface area contributed by atoms with E-state index >= 15 is 0 Å². The summed E-state index contributed by atoms with van der Waals surface area (Å²) in [7, 11) is 4.10. The number of likely N-dealkylation sites (tertiary alicyclic amines) is 1. The van der Waals surface area contributed by atoms with Crippen LogP contribution in [-0.4, -0.2) is 71.8 Å². The first-order valence-electron chi connectivity index (χ1n) is 9.36. The van der Waals surface area contributed by atoms with Crippen LogP contribution in [0.1, 0.15) is 55.1 Å². The number of nitrogens with one attached hydrogen (secondary N) is 1. The minimum Gasteiger partial charge on any atom is -0.340 e. The third kappa shape index (κ3) is 4.16. The van der Waals surface area contributed by atoms with Gasteiger partial charge >= 0.3 is 0 Å². The number of hydrogen-bond donors (Lipinski definition) is 1. The Morgan fingerprint density at radius 3 is 3.00 bits per heavy atom. The van der Waals surface area contributed by atoms with E-state index in [1.165, 1.54) is 32.2 Å². The number of amides is 1. The van der Waals surface area contributed by atoms with Gasteiger partial charge in [-0.25, -0.2) is 0 Å². The number of carbonyl (C=O) groups excluding carboxylic acids is 1. The van der Waals surface area contributed by atoms with E-state index < -0.39 is 0 Å². The summed E-state index contributed by atoms with van der Waals surface area (Å²) < 4.78 is 1.96. The van der Waals surface area contributed by atoms with Crippen molar-refractivity contribution >= 4 is 5.91 Å². The maximum absolute atomic E-state index is 12.6. The van der Waals surface area contributed by atoms with Crippen LogP contribution in [-0.2, 0) is 0 Å². The molecule has 1 N–H and O–H groups in total. The summed E-state index contributed by atoms with van der Waals surface area (Å²) in [4.78, 5) is 16.9. The summed E-state index contributed by atoms with van der Waals surface area (Å²) in [6.45, 7) is 4.01. The van der Waals surface area contributed by atoms with Crippen LogP contribution in [0.15, 0.2) is 12.3 Å². The van der Waals surface area contributed by atoms with Crippen LogP contribution in [0.3, 0.4) is 0 Å². The highest BCUT2D eigenvalue weighted by Crippen LogP contribution is 2.19. The average Bonchev–Trinajstić information content (AvgIpc) is 3.11. The molecule has 3 rings (SSSR count). The Balaban J connectivity index is 1.52. The lowest BCUT2D eigenvalue weighted by Crippen LogP contribution is -2.39. The Bertz CT molecular complexity index is 537. The minimum absolute atomic E-state index is 0.0379. The lowest BCUT2D eigenvalue weighted by Gasteiger charge is -2.33. The first-order valence-corrected chi connectivity index (χ1v) is 9.36. The fourth-order valence-corrected chi connectivity index (χ4v) is 3.86. The molecule has 3 heterocycles. The molecule has 0 saturated carbocycles. The van der Waals surface area contributed by atoms with Gasteiger partial charge in [0.2, 0.25) is 0 Å². The first-order chi connectivity index (χ1) is 11.6. The van der Waals surface area contributed by atoms with Gasteiger partial charge in [0, 0.05) is 32.4 Å². The summed E-state index contributed by atoms with van der Waals surface area (Å²) in [5.41, 5.74) is 0.570. The number of hydrogen-bond acceptors (Lipinski definition) is 4.